The highest BCUT2D eigenvalue weighted by Gasteiger charge is 2.17. The quantitative estimate of drug-likeness (QED) is 0.452. The normalized spacial score (nSPS) is 34.2. The van der Waals surface area contributed by atoms with Gasteiger partial charge in [-0.15, -0.1) is 0 Å². The van der Waals surface area contributed by atoms with Crippen LogP contribution in [0.15, 0.2) is 0 Å². The average Bonchev–Trinajstić information content (AvgIpc) is 2.12. The van der Waals surface area contributed by atoms with Crippen molar-refractivity contribution in [2.45, 2.75) is 19.6 Å². The molecule has 1 heterocycles. The molecule has 1 fully saturated rings. The van der Waals surface area contributed by atoms with Gasteiger partial charge >= 0.3 is 0 Å². The Morgan fingerprint density at radius 1 is 2.00 bits per heavy atom. The van der Waals surface area contributed by atoms with Gasteiger partial charge in [0.05, 0.1) is 0 Å². The Labute approximate surface area is 31.1 Å². The topological polar surface area (TPSA) is 34.5 Å². The molecule has 0 spiro atoms. The summed E-state index contributed by atoms with van der Waals surface area (Å²) in [5.74, 6) is 0. The fourth-order valence-corrected chi connectivity index (χ4v) is 0.215. The Bertz CT molecular complexity index is 33.9. The van der Waals surface area contributed by atoms with Gasteiger partial charge in [0, 0.05) is 0 Å². The zero-order chi connectivity index (χ0) is 3.70. The predicted octanol–water partition coefficient (Wildman–Crippen LogP) is 0.257. The zero-order valence-corrected chi connectivity index (χ0v) is 3.19. The van der Waals surface area contributed by atoms with E-state index in [1.54, 1.807) is 0 Å². The summed E-state index contributed by atoms with van der Waals surface area (Å²) in [7, 11) is 0. The van der Waals surface area contributed by atoms with E-state index in [2.05, 4.69) is 17.2 Å². The summed E-state index contributed by atoms with van der Waals surface area (Å²) < 4.78 is 0. The molecular weight excluding hydrogens is 66.0 g/mol. The Morgan fingerprint density at radius 2 is 2.60 bits per heavy atom. The van der Waals surface area contributed by atoms with E-state index in [1.807, 2.05) is 0 Å². The van der Waals surface area contributed by atoms with E-state index in [4.69, 9.17) is 0 Å². The molecule has 0 saturated carbocycles. The van der Waals surface area contributed by atoms with Crippen molar-refractivity contribution in [3.05, 3.63) is 0 Å². The molecule has 5 heavy (non-hydrogen) atoms. The van der Waals surface area contributed by atoms with Gasteiger partial charge in [-0.1, -0.05) is 6.92 Å². The molecule has 0 aromatic heterocycles. The fraction of sp³-hybridized carbons (Fsp3) is 1.00. The predicted molar refractivity (Wildman–Crippen MR) is 18.3 cm³/mol. The maximum absolute atomic E-state index is 4.61. The summed E-state index contributed by atoms with van der Waals surface area (Å²) in [6.07, 6.45) is 1.47. The van der Waals surface area contributed by atoms with Crippen molar-refractivity contribution >= 4 is 0 Å². The first kappa shape index (κ1) is 3.12. The lowest BCUT2D eigenvalue weighted by atomic mass is 10.5. The lowest BCUT2D eigenvalue weighted by Crippen LogP contribution is -1.81. The highest BCUT2D eigenvalue weighted by molar-refractivity contribution is 4.51. The molecule has 1 saturated heterocycles. The van der Waals surface area contributed by atoms with Gasteiger partial charge in [0.1, 0.15) is 0 Å². The number of hydrogen-bond donors (Lipinski definition) is 1. The highest BCUT2D eigenvalue weighted by Crippen LogP contribution is 2.01. The van der Waals surface area contributed by atoms with Crippen LogP contribution < -0.4 is 5.48 Å². The molecule has 1 N–H and O–H groups in total. The van der Waals surface area contributed by atoms with E-state index in [1.165, 1.54) is 0 Å². The molecular formula is C3H7NO. The van der Waals surface area contributed by atoms with Crippen LogP contribution in [0.5, 0.6) is 0 Å². The second-order valence-electron chi connectivity index (χ2n) is 1.13. The van der Waals surface area contributed by atoms with Crippen molar-refractivity contribution in [2.24, 2.45) is 0 Å². The van der Waals surface area contributed by atoms with Gasteiger partial charge in [0.25, 0.3) is 0 Å². The van der Waals surface area contributed by atoms with E-state index >= 15 is 0 Å². The van der Waals surface area contributed by atoms with Crippen molar-refractivity contribution in [1.29, 1.82) is 0 Å². The van der Waals surface area contributed by atoms with Crippen LogP contribution in [0.4, 0.5) is 0 Å². The van der Waals surface area contributed by atoms with Crippen molar-refractivity contribution in [3.8, 4) is 0 Å². The molecule has 30 valence electrons. The first-order chi connectivity index (χ1) is 2.43. The molecule has 0 aromatic rings. The van der Waals surface area contributed by atoms with Crippen LogP contribution in [0.3, 0.4) is 0 Å². The van der Waals surface area contributed by atoms with Gasteiger partial charge < -0.3 is 0 Å². The molecule has 1 aliphatic heterocycles. The molecule has 1 aliphatic rings. The summed E-state index contributed by atoms with van der Waals surface area (Å²) in [5.41, 5.74) is 2.68. The first-order valence-electron chi connectivity index (χ1n) is 1.84. The Hall–Kier alpha value is -0.0800. The Kier molecular flexibility index (Phi) is 0.596. The van der Waals surface area contributed by atoms with Crippen LogP contribution in [0.25, 0.3) is 0 Å². The van der Waals surface area contributed by atoms with Crippen molar-refractivity contribution in [1.82, 2.24) is 5.48 Å². The lowest BCUT2D eigenvalue weighted by molar-refractivity contribution is 0.367. The molecule has 0 radical (unpaired) electrons. The second-order valence-corrected chi connectivity index (χ2v) is 1.13. The van der Waals surface area contributed by atoms with Gasteiger partial charge in [0.2, 0.25) is 0 Å². The summed E-state index contributed by atoms with van der Waals surface area (Å²) in [4.78, 5) is 4.61. The van der Waals surface area contributed by atoms with Crippen LogP contribution in [0.2, 0.25) is 0 Å². The van der Waals surface area contributed by atoms with Gasteiger partial charge in [-0.05, 0) is 6.42 Å². The van der Waals surface area contributed by atoms with E-state index < -0.39 is 0 Å². The van der Waals surface area contributed by atoms with Crippen LogP contribution in [-0.2, 0) is 4.84 Å². The Morgan fingerprint density at radius 3 is 2.60 bits per heavy atom. The number of nitrogens with one attached hydrogen (secondary N) is 1. The third-order valence-electron chi connectivity index (χ3n) is 0.655. The maximum Gasteiger partial charge on any atom is 0.151 e. The molecule has 0 aliphatic carbocycles. The fourth-order valence-electron chi connectivity index (χ4n) is 0.215. The third kappa shape index (κ3) is 0.597. The smallest absolute Gasteiger partial charge is 0.151 e. The van der Waals surface area contributed by atoms with E-state index in [9.17, 15) is 0 Å². The summed E-state index contributed by atoms with van der Waals surface area (Å²) in [6, 6.07) is 0. The summed E-state index contributed by atoms with van der Waals surface area (Å²) >= 11 is 0. The van der Waals surface area contributed by atoms with Crippen LogP contribution >= 0.6 is 0 Å². The van der Waals surface area contributed by atoms with E-state index in [0.29, 0.717) is 6.23 Å². The zero-order valence-electron chi connectivity index (χ0n) is 3.19. The van der Waals surface area contributed by atoms with Gasteiger partial charge in [0.15, 0.2) is 6.23 Å². The molecule has 1 unspecified atom stereocenters. The number of rotatable bonds is 1. The van der Waals surface area contributed by atoms with E-state index in [-0.39, 0.29) is 0 Å². The molecule has 2 heteroatoms. The molecule has 1 rings (SSSR count). The van der Waals surface area contributed by atoms with Crippen LogP contribution in [-0.4, -0.2) is 6.23 Å². The molecule has 2 nitrogen and oxygen atoms in total. The van der Waals surface area contributed by atoms with Crippen molar-refractivity contribution < 1.29 is 4.84 Å². The maximum atomic E-state index is 4.61. The van der Waals surface area contributed by atoms with Crippen LogP contribution in [0, 0.1) is 0 Å². The lowest BCUT2D eigenvalue weighted by Gasteiger charge is -1.66. The average molecular weight is 73.1 g/mol. The molecule has 0 amide bonds. The van der Waals surface area contributed by atoms with Gasteiger partial charge in [-0.3, -0.25) is 4.84 Å². The molecule has 0 aromatic carbocycles. The standard InChI is InChI=1S/C3H7NO/c1-2-3-4-5-3/h3-4H,2H2,1H3. The first-order valence-corrected chi connectivity index (χ1v) is 1.84. The highest BCUT2D eigenvalue weighted by atomic mass is 16.8. The molecule has 1 atom stereocenters. The summed E-state index contributed by atoms with van der Waals surface area (Å²) in [5, 5.41) is 0. The monoisotopic (exact) mass is 73.1 g/mol. The van der Waals surface area contributed by atoms with Gasteiger partial charge in [-0.2, -0.15) is 5.48 Å². The van der Waals surface area contributed by atoms with Gasteiger partial charge in [-0.25, -0.2) is 0 Å². The number of hydroxylamine groups is 1. The van der Waals surface area contributed by atoms with Crippen LogP contribution in [0.1, 0.15) is 13.3 Å². The summed E-state index contributed by atoms with van der Waals surface area (Å²) in [6.45, 7) is 2.07. The molecule has 0 bridgehead atoms. The SMILES string of the molecule is CCC1NO1. The second kappa shape index (κ2) is 0.954. The minimum Gasteiger partial charge on any atom is -0.278 e. The third-order valence-corrected chi connectivity index (χ3v) is 0.655. The largest absolute Gasteiger partial charge is 0.278 e. The minimum atomic E-state index is 0.384. The van der Waals surface area contributed by atoms with E-state index in [0.717, 1.165) is 6.42 Å². The van der Waals surface area contributed by atoms with Crippen molar-refractivity contribution in [2.75, 3.05) is 0 Å². The Balaban J connectivity index is 2.00. The van der Waals surface area contributed by atoms with Crippen molar-refractivity contribution in [3.63, 3.8) is 0 Å². The minimum absolute atomic E-state index is 0.384. The number of hydrogen-bond acceptors (Lipinski definition) is 2.